The maximum Gasteiger partial charge on any atom is 0.261 e. The Morgan fingerprint density at radius 1 is 1.00 bits per heavy atom. The van der Waals surface area contributed by atoms with Crippen molar-refractivity contribution in [2.24, 2.45) is 0 Å². The molecular formula is C23H32O3Si. The highest BCUT2D eigenvalue weighted by molar-refractivity contribution is 6.99. The topological polar surface area (TPSA) is 38.7 Å². The van der Waals surface area contributed by atoms with E-state index >= 15 is 0 Å². The van der Waals surface area contributed by atoms with Crippen molar-refractivity contribution in [2.45, 2.75) is 44.4 Å². The second kappa shape index (κ2) is 9.47. The number of aliphatic hydroxyl groups excluding tert-OH is 1. The molecule has 2 atom stereocenters. The molecule has 27 heavy (non-hydrogen) atoms. The minimum absolute atomic E-state index is 0.0697. The molecule has 0 fully saturated rings. The van der Waals surface area contributed by atoms with Crippen molar-refractivity contribution in [3.05, 3.63) is 73.3 Å². The van der Waals surface area contributed by atoms with Crippen molar-refractivity contribution < 1.29 is 14.3 Å². The van der Waals surface area contributed by atoms with E-state index in [0.717, 1.165) is 0 Å². The lowest BCUT2D eigenvalue weighted by Gasteiger charge is -2.43. The van der Waals surface area contributed by atoms with Gasteiger partial charge in [-0.1, -0.05) is 87.5 Å². The molecule has 2 aromatic carbocycles. The first-order chi connectivity index (χ1) is 12.9. The van der Waals surface area contributed by atoms with Crippen LogP contribution in [0, 0.1) is 0 Å². The fourth-order valence-electron chi connectivity index (χ4n) is 3.67. The number of rotatable bonds is 9. The zero-order chi connectivity index (χ0) is 19.9. The highest BCUT2D eigenvalue weighted by atomic mass is 28.4. The zero-order valence-electron chi connectivity index (χ0n) is 16.9. The molecule has 2 rings (SSSR count). The molecule has 0 bridgehead atoms. The minimum Gasteiger partial charge on any atom is -0.407 e. The van der Waals surface area contributed by atoms with Crippen LogP contribution in [-0.4, -0.2) is 39.3 Å². The Labute approximate surface area is 164 Å². The van der Waals surface area contributed by atoms with Crippen LogP contribution in [0.2, 0.25) is 5.04 Å². The first kappa shape index (κ1) is 21.6. The third kappa shape index (κ3) is 4.77. The van der Waals surface area contributed by atoms with Gasteiger partial charge in [0, 0.05) is 13.7 Å². The van der Waals surface area contributed by atoms with Crippen molar-refractivity contribution in [3.63, 3.8) is 0 Å². The summed E-state index contributed by atoms with van der Waals surface area (Å²) in [5.74, 6) is 0. The Balaban J connectivity index is 2.39. The zero-order valence-corrected chi connectivity index (χ0v) is 17.9. The predicted octanol–water partition coefficient (Wildman–Crippen LogP) is 3.52. The van der Waals surface area contributed by atoms with Crippen LogP contribution in [0.4, 0.5) is 0 Å². The molecule has 0 saturated carbocycles. The average Bonchev–Trinajstić information content (AvgIpc) is 2.66. The lowest BCUT2D eigenvalue weighted by Crippen LogP contribution is -2.66. The molecule has 2 aromatic rings. The molecule has 146 valence electrons. The molecule has 1 N–H and O–H groups in total. The van der Waals surface area contributed by atoms with Gasteiger partial charge in [-0.15, -0.1) is 6.58 Å². The lowest BCUT2D eigenvalue weighted by atomic mass is 10.1. The summed E-state index contributed by atoms with van der Waals surface area (Å²) in [6, 6.07) is 21.0. The molecular weight excluding hydrogens is 352 g/mol. The summed E-state index contributed by atoms with van der Waals surface area (Å²) in [6.45, 7) is 10.9. The normalized spacial score (nSPS) is 14.6. The Morgan fingerprint density at radius 2 is 1.48 bits per heavy atom. The Morgan fingerprint density at radius 3 is 1.85 bits per heavy atom. The van der Waals surface area contributed by atoms with Crippen LogP contribution < -0.4 is 10.4 Å². The van der Waals surface area contributed by atoms with E-state index in [4.69, 9.17) is 9.16 Å². The average molecular weight is 385 g/mol. The maximum absolute atomic E-state index is 10.4. The van der Waals surface area contributed by atoms with E-state index in [1.54, 1.807) is 13.2 Å². The molecule has 3 nitrogen and oxygen atoms in total. The van der Waals surface area contributed by atoms with Crippen LogP contribution in [0.3, 0.4) is 0 Å². The molecule has 0 heterocycles. The van der Waals surface area contributed by atoms with Gasteiger partial charge >= 0.3 is 0 Å². The first-order valence-electron chi connectivity index (χ1n) is 9.45. The number of hydrogen-bond donors (Lipinski definition) is 1. The summed E-state index contributed by atoms with van der Waals surface area (Å²) in [7, 11) is -0.967. The van der Waals surface area contributed by atoms with Gasteiger partial charge in [0.25, 0.3) is 8.32 Å². The number of benzene rings is 2. The van der Waals surface area contributed by atoms with Crippen LogP contribution in [0.15, 0.2) is 73.3 Å². The van der Waals surface area contributed by atoms with Gasteiger partial charge in [-0.3, -0.25) is 0 Å². The molecule has 0 aromatic heterocycles. The van der Waals surface area contributed by atoms with Gasteiger partial charge in [-0.25, -0.2) is 0 Å². The molecule has 0 aliphatic carbocycles. The third-order valence-electron chi connectivity index (χ3n) is 5.03. The van der Waals surface area contributed by atoms with Crippen molar-refractivity contribution in [3.8, 4) is 0 Å². The number of aliphatic hydroxyl groups is 1. The monoisotopic (exact) mass is 384 g/mol. The SMILES string of the molecule is C=C[C@H](OC)[C@H](O)CCO[Si](c1ccccc1)(c1ccccc1)C(C)(C)C. The van der Waals surface area contributed by atoms with E-state index in [9.17, 15) is 5.11 Å². The molecule has 0 saturated heterocycles. The largest absolute Gasteiger partial charge is 0.407 e. The van der Waals surface area contributed by atoms with Crippen LogP contribution in [-0.2, 0) is 9.16 Å². The summed E-state index contributed by atoms with van der Waals surface area (Å²) in [5.41, 5.74) is 0. The second-order valence-corrected chi connectivity index (χ2v) is 12.1. The van der Waals surface area contributed by atoms with Gasteiger partial charge in [0.15, 0.2) is 0 Å². The van der Waals surface area contributed by atoms with E-state index in [-0.39, 0.29) is 11.1 Å². The first-order valence-corrected chi connectivity index (χ1v) is 11.4. The van der Waals surface area contributed by atoms with Gasteiger partial charge in [0.05, 0.1) is 6.10 Å². The molecule has 4 heteroatoms. The van der Waals surface area contributed by atoms with Crippen LogP contribution in [0.25, 0.3) is 0 Å². The number of ether oxygens (including phenoxy) is 1. The number of methoxy groups -OCH3 is 1. The van der Waals surface area contributed by atoms with Crippen LogP contribution >= 0.6 is 0 Å². The molecule has 0 radical (unpaired) electrons. The Bertz CT molecular complexity index is 655. The molecule has 0 unspecified atom stereocenters. The van der Waals surface area contributed by atoms with Gasteiger partial charge in [-0.2, -0.15) is 0 Å². The van der Waals surface area contributed by atoms with Crippen molar-refractivity contribution >= 4 is 18.7 Å². The molecule has 0 spiro atoms. The summed E-state index contributed by atoms with van der Waals surface area (Å²) in [4.78, 5) is 0. The van der Waals surface area contributed by atoms with Crippen molar-refractivity contribution in [2.75, 3.05) is 13.7 Å². The summed E-state index contributed by atoms with van der Waals surface area (Å²) >= 11 is 0. The smallest absolute Gasteiger partial charge is 0.261 e. The number of hydrogen-bond acceptors (Lipinski definition) is 3. The standard InChI is InChI=1S/C23H32O3Si/c1-6-22(25-5)21(24)17-18-26-27(23(2,3)4,19-13-9-7-10-14-19)20-15-11-8-12-16-20/h6-16,21-22,24H,1,17-18H2,2-5H3/t21-,22+/m1/s1. The summed E-state index contributed by atoms with van der Waals surface area (Å²) in [6.07, 6.45) is 1.11. The fraction of sp³-hybridized carbons (Fsp3) is 0.391. The fourth-order valence-corrected chi connectivity index (χ4v) is 8.25. The lowest BCUT2D eigenvalue weighted by molar-refractivity contribution is 0.00586. The van der Waals surface area contributed by atoms with E-state index in [1.807, 2.05) is 12.1 Å². The van der Waals surface area contributed by atoms with Crippen molar-refractivity contribution in [1.82, 2.24) is 0 Å². The van der Waals surface area contributed by atoms with Gasteiger partial charge in [0.1, 0.15) is 6.10 Å². The summed E-state index contributed by atoms with van der Waals surface area (Å²) in [5, 5.41) is 12.8. The predicted molar refractivity (Wildman–Crippen MR) is 115 cm³/mol. The van der Waals surface area contributed by atoms with E-state index in [1.165, 1.54) is 10.4 Å². The van der Waals surface area contributed by atoms with E-state index in [2.05, 4.69) is 75.9 Å². The maximum atomic E-state index is 10.4. The Hall–Kier alpha value is -1.72. The minimum atomic E-state index is -2.55. The van der Waals surface area contributed by atoms with E-state index in [0.29, 0.717) is 13.0 Å². The van der Waals surface area contributed by atoms with Gasteiger partial charge in [0.2, 0.25) is 0 Å². The van der Waals surface area contributed by atoms with E-state index < -0.39 is 14.4 Å². The quantitative estimate of drug-likeness (QED) is 0.531. The molecule has 0 amide bonds. The Kier molecular flexibility index (Phi) is 7.56. The van der Waals surface area contributed by atoms with Crippen molar-refractivity contribution in [1.29, 1.82) is 0 Å². The highest BCUT2D eigenvalue weighted by Crippen LogP contribution is 2.36. The van der Waals surface area contributed by atoms with Crippen LogP contribution in [0.1, 0.15) is 27.2 Å². The molecule has 0 aliphatic heterocycles. The third-order valence-corrected chi connectivity index (χ3v) is 10.1. The second-order valence-electron chi connectivity index (χ2n) is 7.80. The van der Waals surface area contributed by atoms with Crippen LogP contribution in [0.5, 0.6) is 0 Å². The van der Waals surface area contributed by atoms with Gasteiger partial charge in [-0.05, 0) is 21.8 Å². The molecule has 0 aliphatic rings. The highest BCUT2D eigenvalue weighted by Gasteiger charge is 2.50. The van der Waals surface area contributed by atoms with Gasteiger partial charge < -0.3 is 14.3 Å². The summed E-state index contributed by atoms with van der Waals surface area (Å²) < 4.78 is 12.0.